The van der Waals surface area contributed by atoms with Crippen LogP contribution in [0.3, 0.4) is 0 Å². The summed E-state index contributed by atoms with van der Waals surface area (Å²) in [5.74, 6) is 1.17. The van der Waals surface area contributed by atoms with E-state index in [9.17, 15) is 4.39 Å². The van der Waals surface area contributed by atoms with Crippen LogP contribution in [0, 0.1) is 5.82 Å². The molecule has 3 aromatic carbocycles. The molecule has 4 nitrogen and oxygen atoms in total. The van der Waals surface area contributed by atoms with Crippen LogP contribution in [-0.4, -0.2) is 19.7 Å². The number of nitrogens with zero attached hydrogens (tertiary/aromatic N) is 4. The molecule has 0 radical (unpaired) electrons. The van der Waals surface area contributed by atoms with Gasteiger partial charge in [0, 0.05) is 29.4 Å². The third-order valence-electron chi connectivity index (χ3n) is 4.84. The van der Waals surface area contributed by atoms with E-state index in [4.69, 9.17) is 0 Å². The highest BCUT2D eigenvalue weighted by molar-refractivity contribution is 7.98. The van der Waals surface area contributed by atoms with E-state index in [0.717, 1.165) is 22.2 Å². The Morgan fingerprint density at radius 3 is 2.37 bits per heavy atom. The lowest BCUT2D eigenvalue weighted by Crippen LogP contribution is -2.00. The Labute approximate surface area is 177 Å². The van der Waals surface area contributed by atoms with Crippen LogP contribution in [0.25, 0.3) is 27.8 Å². The van der Waals surface area contributed by atoms with E-state index in [1.807, 2.05) is 28.8 Å². The minimum atomic E-state index is -0.275. The van der Waals surface area contributed by atoms with Gasteiger partial charge in [-0.1, -0.05) is 54.2 Å². The van der Waals surface area contributed by atoms with Crippen LogP contribution < -0.4 is 0 Å². The first-order chi connectivity index (χ1) is 14.8. The van der Waals surface area contributed by atoms with Crippen LogP contribution in [0.4, 0.5) is 4.39 Å². The van der Waals surface area contributed by atoms with Gasteiger partial charge in [0.05, 0.1) is 0 Å². The zero-order valence-electron chi connectivity index (χ0n) is 15.9. The molecule has 0 fully saturated rings. The number of benzene rings is 3. The Bertz CT molecular complexity index is 1300. The van der Waals surface area contributed by atoms with Crippen molar-refractivity contribution in [2.45, 2.75) is 10.9 Å². The molecule has 0 atom stereocenters. The highest BCUT2D eigenvalue weighted by Gasteiger charge is 2.16. The SMILES string of the molecule is Fc1ccc(-n2c(SCc3ccc4ccccc4c3)nnc2-c2ccncc2)cc1. The molecular weight excluding hydrogens is 395 g/mol. The minimum Gasteiger partial charge on any atom is -0.270 e. The summed E-state index contributed by atoms with van der Waals surface area (Å²) < 4.78 is 15.5. The van der Waals surface area contributed by atoms with E-state index >= 15 is 0 Å². The van der Waals surface area contributed by atoms with Gasteiger partial charge in [0.2, 0.25) is 0 Å². The van der Waals surface area contributed by atoms with Crippen LogP contribution >= 0.6 is 11.8 Å². The van der Waals surface area contributed by atoms with Gasteiger partial charge in [-0.05, 0) is 52.7 Å². The monoisotopic (exact) mass is 412 g/mol. The molecule has 0 aliphatic carbocycles. The Kier molecular flexibility index (Phi) is 4.99. The summed E-state index contributed by atoms with van der Waals surface area (Å²) in [6, 6.07) is 24.9. The Balaban J connectivity index is 1.51. The van der Waals surface area contributed by atoms with Crippen molar-refractivity contribution in [1.29, 1.82) is 0 Å². The molecular formula is C24H17FN4S. The van der Waals surface area contributed by atoms with E-state index in [2.05, 4.69) is 45.5 Å². The van der Waals surface area contributed by atoms with Crippen LogP contribution in [0.2, 0.25) is 0 Å². The van der Waals surface area contributed by atoms with Gasteiger partial charge in [-0.2, -0.15) is 0 Å². The fourth-order valence-electron chi connectivity index (χ4n) is 3.35. The average Bonchev–Trinajstić information content (AvgIpc) is 3.22. The summed E-state index contributed by atoms with van der Waals surface area (Å²) in [5.41, 5.74) is 2.92. The number of pyridine rings is 1. The predicted octanol–water partition coefficient (Wildman–Crippen LogP) is 5.91. The summed E-state index contributed by atoms with van der Waals surface area (Å²) in [4.78, 5) is 4.08. The lowest BCUT2D eigenvalue weighted by Gasteiger charge is -2.10. The summed E-state index contributed by atoms with van der Waals surface area (Å²) in [6.45, 7) is 0. The van der Waals surface area contributed by atoms with Crippen molar-refractivity contribution in [2.75, 3.05) is 0 Å². The van der Waals surface area contributed by atoms with Gasteiger partial charge in [0.15, 0.2) is 11.0 Å². The quantitative estimate of drug-likeness (QED) is 0.336. The van der Waals surface area contributed by atoms with E-state index in [1.165, 1.54) is 28.5 Å². The molecule has 0 unspecified atom stereocenters. The number of fused-ring (bicyclic) bond motifs is 1. The van der Waals surface area contributed by atoms with Gasteiger partial charge in [-0.15, -0.1) is 10.2 Å². The van der Waals surface area contributed by atoms with Gasteiger partial charge >= 0.3 is 0 Å². The van der Waals surface area contributed by atoms with E-state index in [1.54, 1.807) is 36.3 Å². The van der Waals surface area contributed by atoms with Crippen molar-refractivity contribution in [3.8, 4) is 17.1 Å². The molecule has 0 saturated heterocycles. The maximum Gasteiger partial charge on any atom is 0.196 e. The fraction of sp³-hybridized carbons (Fsp3) is 0.0417. The van der Waals surface area contributed by atoms with Gasteiger partial charge in [0.25, 0.3) is 0 Å². The molecule has 0 aliphatic rings. The second-order valence-electron chi connectivity index (χ2n) is 6.82. The average molecular weight is 412 g/mol. The largest absolute Gasteiger partial charge is 0.270 e. The van der Waals surface area contributed by atoms with Crippen LogP contribution in [0.1, 0.15) is 5.56 Å². The lowest BCUT2D eigenvalue weighted by molar-refractivity contribution is 0.627. The molecule has 2 aromatic heterocycles. The molecule has 146 valence electrons. The number of hydrogen-bond donors (Lipinski definition) is 0. The summed E-state index contributed by atoms with van der Waals surface area (Å²) in [6.07, 6.45) is 3.45. The molecule has 0 N–H and O–H groups in total. The maximum atomic E-state index is 13.5. The van der Waals surface area contributed by atoms with E-state index in [0.29, 0.717) is 5.82 Å². The van der Waals surface area contributed by atoms with E-state index < -0.39 is 0 Å². The minimum absolute atomic E-state index is 0.275. The number of halogens is 1. The molecule has 5 aromatic rings. The number of rotatable bonds is 5. The van der Waals surface area contributed by atoms with Crippen LogP contribution in [0.5, 0.6) is 0 Å². The third-order valence-corrected chi connectivity index (χ3v) is 5.84. The topological polar surface area (TPSA) is 43.6 Å². The van der Waals surface area contributed by atoms with Crippen LogP contribution in [0.15, 0.2) is 96.4 Å². The molecule has 2 heterocycles. The molecule has 30 heavy (non-hydrogen) atoms. The smallest absolute Gasteiger partial charge is 0.196 e. The zero-order chi connectivity index (χ0) is 20.3. The highest BCUT2D eigenvalue weighted by atomic mass is 32.2. The molecule has 6 heteroatoms. The van der Waals surface area contributed by atoms with E-state index in [-0.39, 0.29) is 5.82 Å². The number of thioether (sulfide) groups is 1. The molecule has 0 amide bonds. The Morgan fingerprint density at radius 2 is 1.57 bits per heavy atom. The van der Waals surface area contributed by atoms with Crippen molar-refractivity contribution in [2.24, 2.45) is 0 Å². The first kappa shape index (κ1) is 18.5. The van der Waals surface area contributed by atoms with Crippen molar-refractivity contribution in [1.82, 2.24) is 19.7 Å². The number of hydrogen-bond acceptors (Lipinski definition) is 4. The van der Waals surface area contributed by atoms with Gasteiger partial charge in [-0.3, -0.25) is 9.55 Å². The van der Waals surface area contributed by atoms with Crippen molar-refractivity contribution in [3.05, 3.63) is 103 Å². The van der Waals surface area contributed by atoms with Crippen molar-refractivity contribution in [3.63, 3.8) is 0 Å². The predicted molar refractivity (Wildman–Crippen MR) is 118 cm³/mol. The zero-order valence-corrected chi connectivity index (χ0v) is 16.8. The second kappa shape index (κ2) is 8.08. The van der Waals surface area contributed by atoms with Crippen molar-refractivity contribution < 1.29 is 4.39 Å². The lowest BCUT2D eigenvalue weighted by atomic mass is 10.1. The first-order valence-electron chi connectivity index (χ1n) is 9.50. The van der Waals surface area contributed by atoms with Gasteiger partial charge in [0.1, 0.15) is 5.82 Å². The van der Waals surface area contributed by atoms with Crippen LogP contribution in [-0.2, 0) is 5.75 Å². The Hall–Kier alpha value is -3.51. The maximum absolute atomic E-state index is 13.5. The third kappa shape index (κ3) is 3.69. The standard InChI is InChI=1S/C24H17FN4S/c25-21-7-9-22(10-8-21)29-23(19-11-13-26-14-12-19)27-28-24(29)30-16-17-5-6-18-3-1-2-4-20(18)15-17/h1-15H,16H2. The normalized spacial score (nSPS) is 11.1. The summed E-state index contributed by atoms with van der Waals surface area (Å²) in [7, 11) is 0. The second-order valence-corrected chi connectivity index (χ2v) is 7.77. The first-order valence-corrected chi connectivity index (χ1v) is 10.5. The molecule has 0 saturated carbocycles. The Morgan fingerprint density at radius 1 is 0.800 bits per heavy atom. The fourth-order valence-corrected chi connectivity index (χ4v) is 4.25. The molecule has 0 spiro atoms. The molecule has 0 bridgehead atoms. The summed E-state index contributed by atoms with van der Waals surface area (Å²) >= 11 is 1.60. The summed E-state index contributed by atoms with van der Waals surface area (Å²) in [5, 5.41) is 12.0. The van der Waals surface area contributed by atoms with Crippen molar-refractivity contribution >= 4 is 22.5 Å². The molecule has 0 aliphatic heterocycles. The number of aromatic nitrogens is 4. The van der Waals surface area contributed by atoms with Gasteiger partial charge in [-0.25, -0.2) is 4.39 Å². The van der Waals surface area contributed by atoms with Gasteiger partial charge < -0.3 is 0 Å². The molecule has 5 rings (SSSR count). The highest BCUT2D eigenvalue weighted by Crippen LogP contribution is 2.30.